The lowest BCUT2D eigenvalue weighted by Gasteiger charge is -2.32. The number of hydrogen-bond acceptors (Lipinski definition) is 5. The topological polar surface area (TPSA) is 110 Å². The van der Waals surface area contributed by atoms with Crippen LogP contribution in [0, 0.1) is 0 Å². The number of fused-ring (bicyclic) bond motifs is 4. The molecule has 3 aromatic carbocycles. The largest absolute Gasteiger partial charge is 0.492 e. The monoisotopic (exact) mass is 564 g/mol. The summed E-state index contributed by atoms with van der Waals surface area (Å²) in [6.07, 6.45) is 1.14. The lowest BCUT2D eigenvalue weighted by Crippen LogP contribution is -2.41. The number of carboxylic acid groups (broad SMARTS) is 1. The third-order valence-corrected chi connectivity index (χ3v) is 8.63. The molecule has 0 unspecified atom stereocenters. The van der Waals surface area contributed by atoms with Gasteiger partial charge in [-0.25, -0.2) is 9.59 Å². The van der Waals surface area contributed by atoms with Crippen LogP contribution in [-0.4, -0.2) is 53.6 Å². The fourth-order valence-electron chi connectivity index (χ4n) is 5.69. The number of alkyl carbamates (subject to hydrolysis) is 1. The molecule has 4 aromatic rings. The van der Waals surface area contributed by atoms with Crippen molar-refractivity contribution in [2.45, 2.75) is 44.8 Å². The highest BCUT2D eigenvalue weighted by molar-refractivity contribution is 6.56. The highest BCUT2D eigenvalue weighted by Crippen LogP contribution is 2.44. The van der Waals surface area contributed by atoms with Crippen molar-refractivity contribution in [1.82, 2.24) is 10.3 Å². The molecule has 1 aromatic heterocycles. The summed E-state index contributed by atoms with van der Waals surface area (Å²) in [4.78, 5) is 28.2. The third-order valence-electron chi connectivity index (χ3n) is 8.63. The van der Waals surface area contributed by atoms with Gasteiger partial charge in [0.05, 0.1) is 11.2 Å². The lowest BCUT2D eigenvalue weighted by molar-refractivity contribution is 0.00578. The zero-order valence-electron chi connectivity index (χ0n) is 24.1. The number of aromatic amines is 1. The first-order chi connectivity index (χ1) is 20.1. The Labute approximate surface area is 244 Å². The van der Waals surface area contributed by atoms with E-state index in [-0.39, 0.29) is 24.8 Å². The van der Waals surface area contributed by atoms with Crippen LogP contribution in [0.15, 0.2) is 78.3 Å². The molecule has 0 radical (unpaired) electrons. The van der Waals surface area contributed by atoms with Crippen molar-refractivity contribution in [3.63, 3.8) is 0 Å². The van der Waals surface area contributed by atoms with Gasteiger partial charge >= 0.3 is 19.2 Å². The number of hydrogen-bond donors (Lipinski definition) is 3. The summed E-state index contributed by atoms with van der Waals surface area (Å²) in [7, 11) is -0.806. The predicted octanol–water partition coefficient (Wildman–Crippen LogP) is 6.42. The first-order valence-corrected chi connectivity index (χ1v) is 14.0. The zero-order valence-corrected chi connectivity index (χ0v) is 24.1. The summed E-state index contributed by atoms with van der Waals surface area (Å²) >= 11 is 0. The van der Waals surface area contributed by atoms with Gasteiger partial charge in [-0.05, 0) is 61.5 Å². The van der Waals surface area contributed by atoms with Crippen molar-refractivity contribution < 1.29 is 28.7 Å². The maximum Gasteiger partial charge on any atom is 0.492 e. The van der Waals surface area contributed by atoms with Crippen LogP contribution >= 0.6 is 0 Å². The number of benzene rings is 3. The summed E-state index contributed by atoms with van der Waals surface area (Å²) in [5, 5.41) is 13.5. The van der Waals surface area contributed by atoms with E-state index in [0.717, 1.165) is 27.6 Å². The number of carboxylic acids is 1. The minimum atomic E-state index is -1.09. The number of aromatic carboxylic acids is 1. The van der Waals surface area contributed by atoms with Crippen LogP contribution in [0.2, 0.25) is 0 Å². The van der Waals surface area contributed by atoms with E-state index in [1.165, 1.54) is 0 Å². The van der Waals surface area contributed by atoms with Crippen LogP contribution in [0.4, 0.5) is 4.79 Å². The Hall–Kier alpha value is -4.34. The molecule has 2 heterocycles. The van der Waals surface area contributed by atoms with Crippen LogP contribution in [-0.2, 0) is 14.0 Å². The molecular formula is C33H33BN2O6. The predicted molar refractivity (Wildman–Crippen MR) is 162 cm³/mol. The summed E-state index contributed by atoms with van der Waals surface area (Å²) in [5.41, 5.74) is 5.10. The first kappa shape index (κ1) is 27.8. The Bertz CT molecular complexity index is 1660. The lowest BCUT2D eigenvalue weighted by atomic mass is 9.76. The van der Waals surface area contributed by atoms with E-state index < -0.39 is 30.4 Å². The Balaban J connectivity index is 1.25. The number of carbonyl (C=O) groups excluding carboxylic acids is 1. The number of para-hydroxylation sites is 1. The van der Waals surface area contributed by atoms with E-state index in [2.05, 4.69) is 34.6 Å². The molecule has 1 aliphatic carbocycles. The smallest absolute Gasteiger partial charge is 0.477 e. The van der Waals surface area contributed by atoms with Gasteiger partial charge in [0.2, 0.25) is 0 Å². The number of H-pyrrole nitrogens is 1. The van der Waals surface area contributed by atoms with Gasteiger partial charge in [-0.1, -0.05) is 72.8 Å². The van der Waals surface area contributed by atoms with Gasteiger partial charge in [0, 0.05) is 28.9 Å². The van der Waals surface area contributed by atoms with Gasteiger partial charge in [0.1, 0.15) is 12.3 Å². The molecule has 0 bridgehead atoms. The van der Waals surface area contributed by atoms with Gasteiger partial charge in [-0.15, -0.1) is 0 Å². The number of rotatable bonds is 7. The maximum absolute atomic E-state index is 13.0. The highest BCUT2D eigenvalue weighted by atomic mass is 16.7. The molecule has 0 spiro atoms. The van der Waals surface area contributed by atoms with Gasteiger partial charge in [-0.3, -0.25) is 0 Å². The van der Waals surface area contributed by atoms with E-state index in [9.17, 15) is 14.7 Å². The second kappa shape index (κ2) is 10.5. The van der Waals surface area contributed by atoms with Crippen LogP contribution in [0.3, 0.4) is 0 Å². The van der Waals surface area contributed by atoms with E-state index in [4.69, 9.17) is 14.0 Å². The van der Waals surface area contributed by atoms with Crippen molar-refractivity contribution in [3.8, 4) is 11.1 Å². The molecule has 6 rings (SSSR count). The van der Waals surface area contributed by atoms with Crippen LogP contribution in [0.25, 0.3) is 28.1 Å². The SMILES string of the molecule is CC1(C)OB(C(=Cc2c(C(=O)O)[nH]c3ccccc23)CNC(=O)OCC2c3ccccc3-c3ccccc32)OC1(C)C. The Morgan fingerprint density at radius 2 is 1.50 bits per heavy atom. The van der Waals surface area contributed by atoms with Gasteiger partial charge < -0.3 is 29.5 Å². The van der Waals surface area contributed by atoms with Crippen LogP contribution in [0.5, 0.6) is 0 Å². The molecule has 1 aliphatic heterocycles. The molecule has 3 N–H and O–H groups in total. The molecule has 1 saturated heterocycles. The Morgan fingerprint density at radius 3 is 2.12 bits per heavy atom. The van der Waals surface area contributed by atoms with Crippen LogP contribution < -0.4 is 5.32 Å². The first-order valence-electron chi connectivity index (χ1n) is 14.0. The summed E-state index contributed by atoms with van der Waals surface area (Å²) in [5.74, 6) is -1.15. The van der Waals surface area contributed by atoms with Gasteiger partial charge in [-0.2, -0.15) is 0 Å². The van der Waals surface area contributed by atoms with Gasteiger partial charge in [0.25, 0.3) is 0 Å². The van der Waals surface area contributed by atoms with E-state index in [1.807, 2.05) is 76.2 Å². The minimum absolute atomic E-state index is 0.0338. The van der Waals surface area contributed by atoms with Crippen molar-refractivity contribution in [1.29, 1.82) is 0 Å². The highest BCUT2D eigenvalue weighted by Gasteiger charge is 2.52. The molecular weight excluding hydrogens is 531 g/mol. The minimum Gasteiger partial charge on any atom is -0.477 e. The Morgan fingerprint density at radius 1 is 0.929 bits per heavy atom. The summed E-state index contributed by atoms with van der Waals surface area (Å²) < 4.78 is 18.3. The summed E-state index contributed by atoms with van der Waals surface area (Å²) in [6, 6.07) is 23.7. The quantitative estimate of drug-likeness (QED) is 0.224. The third kappa shape index (κ3) is 4.89. The average molecular weight is 564 g/mol. The van der Waals surface area contributed by atoms with Crippen molar-refractivity contribution in [2.75, 3.05) is 13.2 Å². The number of carbonyl (C=O) groups is 2. The molecule has 9 heteroatoms. The maximum atomic E-state index is 13.0. The van der Waals surface area contributed by atoms with E-state index in [1.54, 1.807) is 6.08 Å². The molecule has 0 saturated carbocycles. The second-order valence-corrected chi connectivity index (χ2v) is 11.8. The van der Waals surface area contributed by atoms with Crippen molar-refractivity contribution in [2.24, 2.45) is 0 Å². The number of nitrogens with one attached hydrogen (secondary N) is 2. The van der Waals surface area contributed by atoms with E-state index in [0.29, 0.717) is 16.6 Å². The molecule has 214 valence electrons. The normalized spacial score (nSPS) is 17.2. The van der Waals surface area contributed by atoms with Crippen molar-refractivity contribution >= 4 is 36.2 Å². The average Bonchev–Trinajstić information content (AvgIpc) is 3.56. The van der Waals surface area contributed by atoms with Crippen LogP contribution in [0.1, 0.15) is 60.8 Å². The fraction of sp³-hybridized carbons (Fsp3) is 0.273. The molecule has 0 atom stereocenters. The molecule has 2 aliphatic rings. The standard InChI is InChI=1S/C33H33BN2O6/c1-32(2)33(3,4)42-34(41-32)20(17-26-25-15-9-10-16-28(25)36-29(26)30(37)38)18-35-31(39)40-19-27-23-13-7-5-11-21(23)22-12-6-8-14-24(22)27/h5-17,27,36H,18-19H2,1-4H3,(H,35,39)(H,37,38). The van der Waals surface area contributed by atoms with Crippen molar-refractivity contribution in [3.05, 3.63) is 101 Å². The second-order valence-electron chi connectivity index (χ2n) is 11.8. The number of ether oxygens (including phenoxy) is 1. The van der Waals surface area contributed by atoms with Gasteiger partial charge in [0.15, 0.2) is 0 Å². The molecule has 1 fully saturated rings. The fourth-order valence-corrected chi connectivity index (χ4v) is 5.69. The summed E-state index contributed by atoms with van der Waals surface area (Å²) in [6.45, 7) is 7.99. The molecule has 42 heavy (non-hydrogen) atoms. The number of amides is 1. The molecule has 1 amide bonds. The zero-order chi connectivity index (χ0) is 29.6. The Kier molecular flexibility index (Phi) is 6.95. The van der Waals surface area contributed by atoms with E-state index >= 15 is 0 Å². The molecule has 8 nitrogen and oxygen atoms in total. The number of aromatic nitrogens is 1.